The lowest BCUT2D eigenvalue weighted by molar-refractivity contribution is 0.740. The number of pyridine rings is 1. The first-order valence-electron chi connectivity index (χ1n) is 7.07. The summed E-state index contributed by atoms with van der Waals surface area (Å²) in [7, 11) is 1.90. The van der Waals surface area contributed by atoms with E-state index in [-0.39, 0.29) is 5.56 Å². The minimum Gasteiger partial charge on any atom is -0.338 e. The summed E-state index contributed by atoms with van der Waals surface area (Å²) < 4.78 is 3.54. The Labute approximate surface area is 126 Å². The Hall–Kier alpha value is -2.95. The van der Waals surface area contributed by atoms with Crippen LogP contribution in [-0.4, -0.2) is 19.1 Å². The molecule has 0 spiro atoms. The van der Waals surface area contributed by atoms with Crippen LogP contribution in [-0.2, 0) is 13.6 Å². The summed E-state index contributed by atoms with van der Waals surface area (Å²) in [6.07, 6.45) is 5.10. The van der Waals surface area contributed by atoms with Crippen LogP contribution in [0.1, 0.15) is 5.56 Å². The minimum absolute atomic E-state index is 0.0347. The maximum Gasteiger partial charge on any atom is 0.278 e. The first-order chi connectivity index (χ1) is 10.8. The molecule has 0 radical (unpaired) electrons. The van der Waals surface area contributed by atoms with Crippen molar-refractivity contribution in [2.75, 3.05) is 0 Å². The Balaban J connectivity index is 1.96. The maximum atomic E-state index is 12.8. The van der Waals surface area contributed by atoms with Crippen LogP contribution in [0.15, 0.2) is 59.9 Å². The van der Waals surface area contributed by atoms with Gasteiger partial charge >= 0.3 is 0 Å². The normalized spacial score (nSPS) is 11.3. The molecule has 0 atom stereocenters. The zero-order valence-electron chi connectivity index (χ0n) is 12.1. The molecule has 0 fully saturated rings. The molecule has 0 N–H and O–H groups in total. The molecule has 0 saturated carbocycles. The number of rotatable bonds is 2. The molecule has 0 aliphatic rings. The van der Waals surface area contributed by atoms with Crippen LogP contribution in [0.5, 0.6) is 0 Å². The van der Waals surface area contributed by atoms with Gasteiger partial charge in [0.2, 0.25) is 0 Å². The third-order valence-corrected chi connectivity index (χ3v) is 3.95. The van der Waals surface area contributed by atoms with Crippen molar-refractivity contribution in [1.29, 1.82) is 0 Å². The van der Waals surface area contributed by atoms with Crippen molar-refractivity contribution in [2.24, 2.45) is 7.05 Å². The second-order valence-electron chi connectivity index (χ2n) is 5.31. The van der Waals surface area contributed by atoms with Crippen LogP contribution >= 0.6 is 0 Å². The Bertz CT molecular complexity index is 1030. The van der Waals surface area contributed by atoms with Crippen LogP contribution in [0.2, 0.25) is 0 Å². The van der Waals surface area contributed by atoms with Gasteiger partial charge in [0.25, 0.3) is 5.56 Å². The largest absolute Gasteiger partial charge is 0.338 e. The summed E-state index contributed by atoms with van der Waals surface area (Å²) >= 11 is 0. The van der Waals surface area contributed by atoms with Crippen LogP contribution in [0.3, 0.4) is 0 Å². The van der Waals surface area contributed by atoms with Gasteiger partial charge in [0.15, 0.2) is 0 Å². The van der Waals surface area contributed by atoms with E-state index in [1.807, 2.05) is 48.0 Å². The van der Waals surface area contributed by atoms with Crippen molar-refractivity contribution in [3.63, 3.8) is 0 Å². The van der Waals surface area contributed by atoms with E-state index in [1.165, 1.54) is 0 Å². The highest BCUT2D eigenvalue weighted by atomic mass is 16.1. The molecule has 4 rings (SSSR count). The van der Waals surface area contributed by atoms with Gasteiger partial charge in [-0.05, 0) is 17.7 Å². The van der Waals surface area contributed by atoms with Crippen LogP contribution in [0, 0.1) is 0 Å². The van der Waals surface area contributed by atoms with Gasteiger partial charge in [0.1, 0.15) is 11.0 Å². The topological polar surface area (TPSA) is 52.7 Å². The molecule has 4 aromatic rings. The molecule has 0 aliphatic carbocycles. The molecule has 3 heterocycles. The lowest BCUT2D eigenvalue weighted by Crippen LogP contribution is -2.22. The van der Waals surface area contributed by atoms with Crippen molar-refractivity contribution in [2.45, 2.75) is 6.54 Å². The molecule has 22 heavy (non-hydrogen) atoms. The van der Waals surface area contributed by atoms with Gasteiger partial charge < -0.3 is 4.57 Å². The average molecular weight is 290 g/mol. The monoisotopic (exact) mass is 290 g/mol. The van der Waals surface area contributed by atoms with E-state index in [0.29, 0.717) is 12.1 Å². The van der Waals surface area contributed by atoms with Gasteiger partial charge in [-0.2, -0.15) is 0 Å². The highest BCUT2D eigenvalue weighted by Gasteiger charge is 2.13. The van der Waals surface area contributed by atoms with E-state index in [9.17, 15) is 4.79 Å². The van der Waals surface area contributed by atoms with Crippen LogP contribution in [0.25, 0.3) is 21.9 Å². The van der Waals surface area contributed by atoms with Crippen molar-refractivity contribution >= 4 is 21.9 Å². The van der Waals surface area contributed by atoms with Gasteiger partial charge in [-0.1, -0.05) is 24.3 Å². The fraction of sp³-hybridized carbons (Fsp3) is 0.118. The van der Waals surface area contributed by atoms with E-state index >= 15 is 0 Å². The molecule has 1 aromatic carbocycles. The molecule has 0 amide bonds. The number of para-hydroxylation sites is 1. The van der Waals surface area contributed by atoms with E-state index in [2.05, 4.69) is 9.97 Å². The summed E-state index contributed by atoms with van der Waals surface area (Å²) in [6, 6.07) is 11.7. The predicted octanol–water partition coefficient (Wildman–Crippen LogP) is 2.33. The van der Waals surface area contributed by atoms with Gasteiger partial charge in [0.05, 0.1) is 18.4 Å². The van der Waals surface area contributed by atoms with Crippen LogP contribution in [0.4, 0.5) is 0 Å². The van der Waals surface area contributed by atoms with Crippen molar-refractivity contribution in [1.82, 2.24) is 19.1 Å². The summed E-state index contributed by atoms with van der Waals surface area (Å²) in [5.41, 5.74) is 3.34. The van der Waals surface area contributed by atoms with Gasteiger partial charge in [-0.3, -0.25) is 14.3 Å². The fourth-order valence-corrected chi connectivity index (χ4v) is 2.87. The standard InChI is InChI=1S/C17H14N4O/c1-20-14-7-3-2-6-13(14)15-16(20)17(22)21(11-19-15)10-12-5-4-8-18-9-12/h2-9,11H,10H2,1H3. The Morgan fingerprint density at radius 1 is 1.14 bits per heavy atom. The third kappa shape index (κ3) is 1.83. The molecule has 0 bridgehead atoms. The average Bonchev–Trinajstić information content (AvgIpc) is 2.85. The van der Waals surface area contributed by atoms with Gasteiger partial charge in [-0.25, -0.2) is 4.98 Å². The van der Waals surface area contributed by atoms with Crippen LogP contribution < -0.4 is 5.56 Å². The minimum atomic E-state index is -0.0347. The summed E-state index contributed by atoms with van der Waals surface area (Å²) in [5.74, 6) is 0. The molecule has 5 nitrogen and oxygen atoms in total. The molecular weight excluding hydrogens is 276 g/mol. The number of aryl methyl sites for hydroxylation is 1. The zero-order chi connectivity index (χ0) is 15.1. The molecular formula is C17H14N4O. The molecule has 108 valence electrons. The third-order valence-electron chi connectivity index (χ3n) is 3.95. The van der Waals surface area contributed by atoms with Gasteiger partial charge in [0, 0.05) is 24.8 Å². The number of hydrogen-bond donors (Lipinski definition) is 0. The smallest absolute Gasteiger partial charge is 0.278 e. The van der Waals surface area contributed by atoms with E-state index in [1.54, 1.807) is 23.3 Å². The molecule has 0 unspecified atom stereocenters. The Morgan fingerprint density at radius 2 is 2.00 bits per heavy atom. The highest BCUT2D eigenvalue weighted by molar-refractivity contribution is 6.05. The first kappa shape index (κ1) is 12.8. The zero-order valence-corrected chi connectivity index (χ0v) is 12.1. The lowest BCUT2D eigenvalue weighted by atomic mass is 10.2. The molecule has 0 saturated heterocycles. The lowest BCUT2D eigenvalue weighted by Gasteiger charge is -2.05. The second kappa shape index (κ2) is 4.80. The van der Waals surface area contributed by atoms with Crippen molar-refractivity contribution < 1.29 is 0 Å². The number of aromatic nitrogens is 4. The Morgan fingerprint density at radius 3 is 2.82 bits per heavy atom. The van der Waals surface area contributed by atoms with Crippen molar-refractivity contribution in [3.8, 4) is 0 Å². The highest BCUT2D eigenvalue weighted by Crippen LogP contribution is 2.23. The van der Waals surface area contributed by atoms with Crippen molar-refractivity contribution in [3.05, 3.63) is 71.0 Å². The first-order valence-corrected chi connectivity index (χ1v) is 7.07. The second-order valence-corrected chi connectivity index (χ2v) is 5.31. The maximum absolute atomic E-state index is 12.8. The van der Waals surface area contributed by atoms with E-state index < -0.39 is 0 Å². The SMILES string of the molecule is Cn1c2ccccc2c2ncn(Cc3cccnc3)c(=O)c21. The Kier molecular flexibility index (Phi) is 2.79. The number of nitrogens with zero attached hydrogens (tertiary/aromatic N) is 4. The summed E-state index contributed by atoms with van der Waals surface area (Å²) in [6.45, 7) is 0.469. The van der Waals surface area contributed by atoms with E-state index in [4.69, 9.17) is 0 Å². The molecule has 0 aliphatic heterocycles. The van der Waals surface area contributed by atoms with Gasteiger partial charge in [-0.15, -0.1) is 0 Å². The van der Waals surface area contributed by atoms with E-state index in [0.717, 1.165) is 22.0 Å². The fourth-order valence-electron chi connectivity index (χ4n) is 2.87. The number of hydrogen-bond acceptors (Lipinski definition) is 3. The number of benzene rings is 1. The predicted molar refractivity (Wildman–Crippen MR) is 85.8 cm³/mol. The molecule has 3 aromatic heterocycles. The number of fused-ring (bicyclic) bond motifs is 3. The molecule has 5 heteroatoms. The summed E-state index contributed by atoms with van der Waals surface area (Å²) in [5, 5.41) is 1.01. The quantitative estimate of drug-likeness (QED) is 0.569. The summed E-state index contributed by atoms with van der Waals surface area (Å²) in [4.78, 5) is 21.4.